The van der Waals surface area contributed by atoms with Crippen LogP contribution in [0.1, 0.15) is 43.6 Å². The number of piperazine rings is 1. The quantitative estimate of drug-likeness (QED) is 0.863. The molecule has 6 nitrogen and oxygen atoms in total. The second-order valence-electron chi connectivity index (χ2n) is 7.25. The fourth-order valence-electron chi connectivity index (χ4n) is 4.12. The van der Waals surface area contributed by atoms with Crippen LogP contribution in [0, 0.1) is 5.82 Å². The second kappa shape index (κ2) is 7.61. The van der Waals surface area contributed by atoms with Crippen molar-refractivity contribution in [2.45, 2.75) is 43.6 Å². The van der Waals surface area contributed by atoms with E-state index in [9.17, 15) is 19.1 Å². The van der Waals surface area contributed by atoms with E-state index in [1.807, 2.05) is 0 Å². The number of carbonyl (C=O) groups is 2. The fourth-order valence-corrected chi connectivity index (χ4v) is 4.12. The van der Waals surface area contributed by atoms with Crippen molar-refractivity contribution in [3.05, 3.63) is 35.6 Å². The van der Waals surface area contributed by atoms with Crippen LogP contribution in [-0.4, -0.2) is 63.8 Å². The Balaban J connectivity index is 1.86. The third-order valence-corrected chi connectivity index (χ3v) is 5.55. The molecule has 0 bridgehead atoms. The maximum Gasteiger partial charge on any atom is 0.407 e. The van der Waals surface area contributed by atoms with Crippen molar-refractivity contribution < 1.29 is 24.2 Å². The van der Waals surface area contributed by atoms with E-state index in [1.165, 1.54) is 17.0 Å². The van der Waals surface area contributed by atoms with Crippen molar-refractivity contribution in [2.75, 3.05) is 26.2 Å². The number of hydrogen-bond donors (Lipinski definition) is 2. The van der Waals surface area contributed by atoms with Gasteiger partial charge in [-0.05, 0) is 30.5 Å². The minimum atomic E-state index is -1.19. The molecule has 1 aliphatic heterocycles. The van der Waals surface area contributed by atoms with Crippen LogP contribution in [0.2, 0.25) is 0 Å². The molecule has 1 aromatic carbocycles. The van der Waals surface area contributed by atoms with Gasteiger partial charge in [0.2, 0.25) is 5.91 Å². The molecule has 3 rings (SSSR count). The summed E-state index contributed by atoms with van der Waals surface area (Å²) < 4.78 is 13.8. The van der Waals surface area contributed by atoms with Crippen LogP contribution in [0.5, 0.6) is 0 Å². The smallest absolute Gasteiger partial charge is 0.407 e. The third-order valence-electron chi connectivity index (χ3n) is 5.55. The molecule has 2 N–H and O–H groups in total. The Labute approximate surface area is 152 Å². The summed E-state index contributed by atoms with van der Waals surface area (Å²) in [5.41, 5.74) is -0.701. The molecule has 1 unspecified atom stereocenters. The molecule has 26 heavy (non-hydrogen) atoms. The van der Waals surface area contributed by atoms with Gasteiger partial charge in [0.1, 0.15) is 5.82 Å². The van der Waals surface area contributed by atoms with Crippen LogP contribution >= 0.6 is 0 Å². The molecule has 1 saturated carbocycles. The lowest BCUT2D eigenvalue weighted by molar-refractivity contribution is -0.143. The predicted molar refractivity (Wildman–Crippen MR) is 93.4 cm³/mol. The van der Waals surface area contributed by atoms with Gasteiger partial charge in [0.25, 0.3) is 0 Å². The number of benzene rings is 1. The summed E-state index contributed by atoms with van der Waals surface area (Å²) in [5.74, 6) is -1.50. The average molecular weight is 364 g/mol. The molecule has 1 aromatic rings. The number of nitrogens with zero attached hydrogens (tertiary/aromatic N) is 2. The molecular weight excluding hydrogens is 339 g/mol. The summed E-state index contributed by atoms with van der Waals surface area (Å²) in [6.45, 7) is 1.06. The van der Waals surface area contributed by atoms with E-state index in [0.717, 1.165) is 19.3 Å². The number of hydrogen-bond acceptors (Lipinski definition) is 3. The Morgan fingerprint density at radius 2 is 1.65 bits per heavy atom. The van der Waals surface area contributed by atoms with Crippen molar-refractivity contribution >= 4 is 12.0 Å². The van der Waals surface area contributed by atoms with Crippen LogP contribution in [0.15, 0.2) is 24.3 Å². The Morgan fingerprint density at radius 1 is 1.04 bits per heavy atom. The highest BCUT2D eigenvalue weighted by atomic mass is 19.1. The molecule has 1 atom stereocenters. The molecule has 142 valence electrons. The Hall–Kier alpha value is -2.15. The first-order valence-corrected chi connectivity index (χ1v) is 9.15. The summed E-state index contributed by atoms with van der Waals surface area (Å²) in [5, 5.41) is 20.3. The topological polar surface area (TPSA) is 81.1 Å². The zero-order chi connectivity index (χ0) is 18.7. The number of halogens is 1. The lowest BCUT2D eigenvalue weighted by atomic mass is 9.72. The minimum Gasteiger partial charge on any atom is -0.465 e. The molecule has 0 spiro atoms. The summed E-state index contributed by atoms with van der Waals surface area (Å²) in [4.78, 5) is 27.2. The van der Waals surface area contributed by atoms with Crippen molar-refractivity contribution in [3.63, 3.8) is 0 Å². The molecule has 0 aromatic heterocycles. The Morgan fingerprint density at radius 3 is 2.23 bits per heavy atom. The van der Waals surface area contributed by atoms with Gasteiger partial charge in [-0.2, -0.15) is 0 Å². The van der Waals surface area contributed by atoms with Crippen molar-refractivity contribution in [3.8, 4) is 0 Å². The van der Waals surface area contributed by atoms with Crippen molar-refractivity contribution in [2.24, 2.45) is 0 Å². The van der Waals surface area contributed by atoms with Gasteiger partial charge in [-0.15, -0.1) is 0 Å². The van der Waals surface area contributed by atoms with Crippen LogP contribution in [0.25, 0.3) is 0 Å². The fraction of sp³-hybridized carbons (Fsp3) is 0.579. The molecule has 0 radical (unpaired) electrons. The van der Waals surface area contributed by atoms with Gasteiger partial charge in [0.15, 0.2) is 0 Å². The molecule has 1 heterocycles. The van der Waals surface area contributed by atoms with E-state index < -0.39 is 23.4 Å². The molecule has 1 aliphatic carbocycles. The highest BCUT2D eigenvalue weighted by Gasteiger charge is 2.45. The van der Waals surface area contributed by atoms with Crippen LogP contribution in [-0.2, 0) is 4.79 Å². The first kappa shape index (κ1) is 18.6. The van der Waals surface area contributed by atoms with Gasteiger partial charge in [-0.3, -0.25) is 4.79 Å². The minimum absolute atomic E-state index is 0.245. The van der Waals surface area contributed by atoms with E-state index >= 15 is 0 Å². The predicted octanol–water partition coefficient (Wildman–Crippen LogP) is 2.43. The average Bonchev–Trinajstić information content (AvgIpc) is 2.62. The van der Waals surface area contributed by atoms with E-state index in [0.29, 0.717) is 18.4 Å². The molecular formula is C19H25FN2O4. The highest BCUT2D eigenvalue weighted by Crippen LogP contribution is 2.41. The third kappa shape index (κ3) is 3.82. The van der Waals surface area contributed by atoms with Crippen LogP contribution in [0.3, 0.4) is 0 Å². The van der Waals surface area contributed by atoms with Gasteiger partial charge in [0, 0.05) is 26.2 Å². The SMILES string of the molecule is O=C(O)N1CCN(C(=O)C(c2cccc(F)c2)C2(O)CCCCC2)CC1. The lowest BCUT2D eigenvalue weighted by Crippen LogP contribution is -2.54. The van der Waals surface area contributed by atoms with Crippen molar-refractivity contribution in [1.29, 1.82) is 0 Å². The molecule has 7 heteroatoms. The van der Waals surface area contributed by atoms with E-state index in [2.05, 4.69) is 0 Å². The first-order chi connectivity index (χ1) is 12.4. The molecule has 1 saturated heterocycles. The maximum absolute atomic E-state index is 13.8. The highest BCUT2D eigenvalue weighted by molar-refractivity contribution is 5.85. The number of aliphatic hydroxyl groups is 1. The Kier molecular flexibility index (Phi) is 5.46. The first-order valence-electron chi connectivity index (χ1n) is 9.15. The zero-order valence-corrected chi connectivity index (χ0v) is 14.7. The summed E-state index contributed by atoms with van der Waals surface area (Å²) in [7, 11) is 0. The van der Waals surface area contributed by atoms with E-state index in [4.69, 9.17) is 5.11 Å². The largest absolute Gasteiger partial charge is 0.465 e. The number of amides is 2. The van der Waals surface area contributed by atoms with Crippen LogP contribution in [0.4, 0.5) is 9.18 Å². The van der Waals surface area contributed by atoms with E-state index in [-0.39, 0.29) is 32.1 Å². The number of carbonyl (C=O) groups excluding carboxylic acids is 1. The second-order valence-corrected chi connectivity index (χ2v) is 7.25. The maximum atomic E-state index is 13.8. The lowest BCUT2D eigenvalue weighted by Gasteiger charge is -2.42. The molecule has 2 amide bonds. The molecule has 2 aliphatic rings. The number of rotatable bonds is 3. The monoisotopic (exact) mass is 364 g/mol. The van der Waals surface area contributed by atoms with Gasteiger partial charge in [-0.25, -0.2) is 9.18 Å². The Bertz CT molecular complexity index is 667. The zero-order valence-electron chi connectivity index (χ0n) is 14.7. The van der Waals surface area contributed by atoms with Gasteiger partial charge >= 0.3 is 6.09 Å². The standard InChI is InChI=1S/C19H25FN2O4/c20-15-6-4-5-14(13-15)16(19(26)7-2-1-3-8-19)17(23)21-9-11-22(12-10-21)18(24)25/h4-6,13,16,26H,1-3,7-12H2,(H,24,25). The summed E-state index contributed by atoms with van der Waals surface area (Å²) in [6.07, 6.45) is 2.71. The normalized spacial score (nSPS) is 21.3. The van der Waals surface area contributed by atoms with Gasteiger partial charge in [0.05, 0.1) is 11.5 Å². The van der Waals surface area contributed by atoms with Crippen LogP contribution < -0.4 is 0 Å². The van der Waals surface area contributed by atoms with Gasteiger partial charge in [-0.1, -0.05) is 31.4 Å². The summed E-state index contributed by atoms with van der Waals surface area (Å²) in [6, 6.07) is 5.88. The van der Waals surface area contributed by atoms with Crippen molar-refractivity contribution in [1.82, 2.24) is 9.80 Å². The number of carboxylic acid groups (broad SMARTS) is 1. The summed E-state index contributed by atoms with van der Waals surface area (Å²) >= 11 is 0. The van der Waals surface area contributed by atoms with Gasteiger partial charge < -0.3 is 20.0 Å². The van der Waals surface area contributed by atoms with E-state index in [1.54, 1.807) is 17.0 Å². The molecule has 2 fully saturated rings.